The summed E-state index contributed by atoms with van der Waals surface area (Å²) in [7, 11) is -1.64. The minimum Gasteiger partial charge on any atom is -0.497 e. The number of benzene rings is 1. The molecule has 0 bridgehead atoms. The summed E-state index contributed by atoms with van der Waals surface area (Å²) in [5.74, 6) is 0.810. The van der Waals surface area contributed by atoms with Crippen LogP contribution in [0.5, 0.6) is 5.75 Å². The summed E-state index contributed by atoms with van der Waals surface area (Å²) >= 11 is 0. The molecule has 1 rings (SSSR count). The van der Waals surface area contributed by atoms with Gasteiger partial charge in [-0.05, 0) is 24.2 Å². The van der Waals surface area contributed by atoms with E-state index in [0.29, 0.717) is 6.54 Å². The number of ether oxygens (including phenoxy) is 1. The molecule has 2 N–H and O–H groups in total. The van der Waals surface area contributed by atoms with Gasteiger partial charge < -0.3 is 10.1 Å². The lowest BCUT2D eigenvalue weighted by atomic mass is 10.2. The maximum Gasteiger partial charge on any atom is 0.213 e. The molecule has 0 amide bonds. The normalized spacial score (nSPS) is 11.4. The van der Waals surface area contributed by atoms with Gasteiger partial charge in [-0.25, -0.2) is 13.1 Å². The molecule has 5 nitrogen and oxygen atoms in total. The molecule has 0 aromatic heterocycles. The first-order valence-corrected chi connectivity index (χ1v) is 7.53. The number of methoxy groups -OCH3 is 1. The third-order valence-corrected chi connectivity index (χ3v) is 3.75. The fraction of sp³-hybridized carbons (Fsp3) is 0.500. The van der Waals surface area contributed by atoms with Gasteiger partial charge >= 0.3 is 0 Å². The second-order valence-electron chi connectivity index (χ2n) is 3.85. The van der Waals surface area contributed by atoms with E-state index in [1.54, 1.807) is 7.11 Å². The minimum atomic E-state index is -3.22. The second kappa shape index (κ2) is 7.35. The van der Waals surface area contributed by atoms with E-state index in [0.717, 1.165) is 17.9 Å². The molecular weight excluding hydrogens is 252 g/mol. The molecule has 0 atom stereocenters. The number of hydrogen-bond donors (Lipinski definition) is 2. The average Bonchev–Trinajstić information content (AvgIpc) is 2.37. The van der Waals surface area contributed by atoms with Crippen molar-refractivity contribution >= 4 is 10.0 Å². The first-order chi connectivity index (χ1) is 8.57. The quantitative estimate of drug-likeness (QED) is 0.684. The average molecular weight is 272 g/mol. The lowest BCUT2D eigenvalue weighted by Gasteiger charge is -2.08. The van der Waals surface area contributed by atoms with Crippen LogP contribution in [0.4, 0.5) is 0 Å². The standard InChI is InChI=1S/C12H20N2O3S/c1-3-13-7-8-18(15,16)14-10-11-5-4-6-12(9-11)17-2/h4-6,9,13-14H,3,7-8,10H2,1-2H3. The summed E-state index contributed by atoms with van der Waals surface area (Å²) in [4.78, 5) is 0. The van der Waals surface area contributed by atoms with Crippen molar-refractivity contribution in [2.24, 2.45) is 0 Å². The van der Waals surface area contributed by atoms with E-state index in [9.17, 15) is 8.42 Å². The van der Waals surface area contributed by atoms with Crippen LogP contribution in [0.25, 0.3) is 0 Å². The zero-order valence-electron chi connectivity index (χ0n) is 10.8. The highest BCUT2D eigenvalue weighted by molar-refractivity contribution is 7.89. The van der Waals surface area contributed by atoms with Gasteiger partial charge in [0.2, 0.25) is 10.0 Å². The summed E-state index contributed by atoms with van der Waals surface area (Å²) in [5, 5.41) is 2.98. The number of hydrogen-bond acceptors (Lipinski definition) is 4. The molecule has 102 valence electrons. The number of rotatable bonds is 8. The molecule has 1 aromatic carbocycles. The Balaban J connectivity index is 2.48. The maximum atomic E-state index is 11.7. The van der Waals surface area contributed by atoms with Crippen LogP contribution in [-0.4, -0.2) is 34.4 Å². The van der Waals surface area contributed by atoms with Crippen molar-refractivity contribution in [3.05, 3.63) is 29.8 Å². The van der Waals surface area contributed by atoms with E-state index in [2.05, 4.69) is 10.0 Å². The fourth-order valence-electron chi connectivity index (χ4n) is 1.43. The Hall–Kier alpha value is -1.11. The maximum absolute atomic E-state index is 11.7. The highest BCUT2D eigenvalue weighted by Gasteiger charge is 2.09. The Bertz CT molecular complexity index is 460. The molecular formula is C12H20N2O3S. The fourth-order valence-corrected chi connectivity index (χ4v) is 2.38. The predicted octanol–water partition coefficient (Wildman–Crippen LogP) is 0.724. The van der Waals surface area contributed by atoms with Crippen molar-refractivity contribution in [3.63, 3.8) is 0 Å². The molecule has 0 fully saturated rings. The lowest BCUT2D eigenvalue weighted by Crippen LogP contribution is -2.31. The third-order valence-electron chi connectivity index (χ3n) is 2.43. The smallest absolute Gasteiger partial charge is 0.213 e. The Morgan fingerprint density at radius 3 is 2.78 bits per heavy atom. The Labute approximate surface area is 109 Å². The van der Waals surface area contributed by atoms with Crippen LogP contribution in [0.2, 0.25) is 0 Å². The van der Waals surface area contributed by atoms with E-state index in [1.165, 1.54) is 0 Å². The van der Waals surface area contributed by atoms with Crippen molar-refractivity contribution in [2.45, 2.75) is 13.5 Å². The molecule has 0 aliphatic carbocycles. The van der Waals surface area contributed by atoms with Crippen molar-refractivity contribution in [1.82, 2.24) is 10.0 Å². The van der Waals surface area contributed by atoms with E-state index in [4.69, 9.17) is 4.74 Å². The molecule has 0 unspecified atom stereocenters. The van der Waals surface area contributed by atoms with Gasteiger partial charge in [0.15, 0.2) is 0 Å². The molecule has 0 radical (unpaired) electrons. The molecule has 18 heavy (non-hydrogen) atoms. The van der Waals surface area contributed by atoms with Crippen LogP contribution in [0, 0.1) is 0 Å². The highest BCUT2D eigenvalue weighted by atomic mass is 32.2. The van der Waals surface area contributed by atoms with E-state index < -0.39 is 10.0 Å². The SMILES string of the molecule is CCNCCS(=O)(=O)NCc1cccc(OC)c1. The van der Waals surface area contributed by atoms with Gasteiger partial charge in [-0.3, -0.25) is 0 Å². The van der Waals surface area contributed by atoms with Gasteiger partial charge in [0.25, 0.3) is 0 Å². The molecule has 1 aromatic rings. The van der Waals surface area contributed by atoms with Gasteiger partial charge in [0.1, 0.15) is 5.75 Å². The highest BCUT2D eigenvalue weighted by Crippen LogP contribution is 2.12. The summed E-state index contributed by atoms with van der Waals surface area (Å²) in [6, 6.07) is 7.33. The molecule has 6 heteroatoms. The van der Waals surface area contributed by atoms with Gasteiger partial charge in [-0.15, -0.1) is 0 Å². The first-order valence-electron chi connectivity index (χ1n) is 5.88. The summed E-state index contributed by atoms with van der Waals surface area (Å²) < 4.78 is 30.9. The summed E-state index contributed by atoms with van der Waals surface area (Å²) in [5.41, 5.74) is 0.876. The molecule has 0 saturated carbocycles. The molecule has 0 saturated heterocycles. The van der Waals surface area contributed by atoms with E-state index >= 15 is 0 Å². The summed E-state index contributed by atoms with van der Waals surface area (Å²) in [6.45, 7) is 3.46. The lowest BCUT2D eigenvalue weighted by molar-refractivity contribution is 0.414. The largest absolute Gasteiger partial charge is 0.497 e. The van der Waals surface area contributed by atoms with Gasteiger partial charge in [-0.1, -0.05) is 19.1 Å². The Kier molecular flexibility index (Phi) is 6.11. The van der Waals surface area contributed by atoms with Crippen LogP contribution >= 0.6 is 0 Å². The summed E-state index contributed by atoms with van der Waals surface area (Å²) in [6.07, 6.45) is 0. The monoisotopic (exact) mass is 272 g/mol. The van der Waals surface area contributed by atoms with Crippen LogP contribution in [-0.2, 0) is 16.6 Å². The zero-order chi connectivity index (χ0) is 13.4. The first kappa shape index (κ1) is 14.9. The zero-order valence-corrected chi connectivity index (χ0v) is 11.6. The third kappa shape index (κ3) is 5.48. The van der Waals surface area contributed by atoms with E-state index in [1.807, 2.05) is 31.2 Å². The van der Waals surface area contributed by atoms with Crippen LogP contribution in [0.3, 0.4) is 0 Å². The van der Waals surface area contributed by atoms with Crippen LogP contribution in [0.15, 0.2) is 24.3 Å². The topological polar surface area (TPSA) is 67.4 Å². The molecule has 0 aliphatic heterocycles. The minimum absolute atomic E-state index is 0.0881. The van der Waals surface area contributed by atoms with Gasteiger partial charge in [0.05, 0.1) is 12.9 Å². The predicted molar refractivity (Wildman–Crippen MR) is 72.2 cm³/mol. The van der Waals surface area contributed by atoms with Crippen molar-refractivity contribution in [2.75, 3.05) is 26.0 Å². The van der Waals surface area contributed by atoms with Crippen LogP contribution < -0.4 is 14.8 Å². The second-order valence-corrected chi connectivity index (χ2v) is 5.77. The molecule has 0 heterocycles. The molecule has 0 spiro atoms. The van der Waals surface area contributed by atoms with Crippen molar-refractivity contribution in [3.8, 4) is 5.75 Å². The Morgan fingerprint density at radius 1 is 1.33 bits per heavy atom. The number of sulfonamides is 1. The molecule has 0 aliphatic rings. The van der Waals surface area contributed by atoms with Crippen LogP contribution in [0.1, 0.15) is 12.5 Å². The van der Waals surface area contributed by atoms with E-state index in [-0.39, 0.29) is 12.3 Å². The number of nitrogens with one attached hydrogen (secondary N) is 2. The van der Waals surface area contributed by atoms with Gasteiger partial charge in [0, 0.05) is 13.1 Å². The van der Waals surface area contributed by atoms with Crippen molar-refractivity contribution in [1.29, 1.82) is 0 Å². The Morgan fingerprint density at radius 2 is 2.11 bits per heavy atom. The van der Waals surface area contributed by atoms with Gasteiger partial charge in [-0.2, -0.15) is 0 Å². The van der Waals surface area contributed by atoms with Crippen molar-refractivity contribution < 1.29 is 13.2 Å².